The van der Waals surface area contributed by atoms with Gasteiger partial charge in [0.1, 0.15) is 6.17 Å². The average molecular weight is 103 g/mol. The zero-order valence-corrected chi connectivity index (χ0v) is 4.23. The van der Waals surface area contributed by atoms with Gasteiger partial charge < -0.3 is 5.73 Å². The van der Waals surface area contributed by atoms with Crippen molar-refractivity contribution in [3.63, 3.8) is 0 Å². The summed E-state index contributed by atoms with van der Waals surface area (Å²) in [6.07, 6.45) is 1.82. The van der Waals surface area contributed by atoms with E-state index in [-0.39, 0.29) is 6.04 Å². The molecule has 1 aliphatic rings. The van der Waals surface area contributed by atoms with Crippen molar-refractivity contribution in [1.29, 1.82) is 0 Å². The second kappa shape index (κ2) is 1.78. The Balaban J connectivity index is 2.33. The van der Waals surface area contributed by atoms with E-state index in [2.05, 4.69) is 0 Å². The fourth-order valence-electron chi connectivity index (χ4n) is 0.943. The van der Waals surface area contributed by atoms with Crippen LogP contribution in [0.2, 0.25) is 0 Å². The molecule has 42 valence electrons. The van der Waals surface area contributed by atoms with Crippen LogP contribution in [0.15, 0.2) is 0 Å². The van der Waals surface area contributed by atoms with Crippen LogP contribution in [0, 0.1) is 0 Å². The Hall–Kier alpha value is -0.110. The van der Waals surface area contributed by atoms with Crippen LogP contribution in [0.4, 0.5) is 4.39 Å². The monoisotopic (exact) mass is 103 g/mol. The molecule has 1 saturated carbocycles. The fraction of sp³-hybridized carbons (Fsp3) is 1.00. The van der Waals surface area contributed by atoms with Crippen LogP contribution in [-0.4, -0.2) is 12.2 Å². The van der Waals surface area contributed by atoms with Gasteiger partial charge in [-0.25, -0.2) is 4.39 Å². The van der Waals surface area contributed by atoms with Crippen LogP contribution in [0.5, 0.6) is 0 Å². The van der Waals surface area contributed by atoms with E-state index in [0.29, 0.717) is 6.42 Å². The molecular weight excluding hydrogens is 93.1 g/mol. The topological polar surface area (TPSA) is 26.0 Å². The van der Waals surface area contributed by atoms with E-state index in [4.69, 9.17) is 5.73 Å². The second-order valence-corrected chi connectivity index (χ2v) is 2.11. The van der Waals surface area contributed by atoms with Gasteiger partial charge in [0, 0.05) is 6.04 Å². The van der Waals surface area contributed by atoms with Crippen LogP contribution in [0.1, 0.15) is 19.3 Å². The first-order valence-electron chi connectivity index (χ1n) is 2.70. The summed E-state index contributed by atoms with van der Waals surface area (Å²) in [7, 11) is 0. The first kappa shape index (κ1) is 5.04. The number of nitrogens with two attached hydrogens (primary N) is 1. The van der Waals surface area contributed by atoms with Crippen LogP contribution in [-0.2, 0) is 0 Å². The van der Waals surface area contributed by atoms with Gasteiger partial charge in [0.25, 0.3) is 0 Å². The quantitative estimate of drug-likeness (QED) is 0.483. The average Bonchev–Trinajstić information content (AvgIpc) is 1.91. The molecule has 2 atom stereocenters. The molecule has 1 aliphatic carbocycles. The Morgan fingerprint density at radius 1 is 1.43 bits per heavy atom. The number of hydrogen-bond acceptors (Lipinski definition) is 1. The van der Waals surface area contributed by atoms with Crippen molar-refractivity contribution < 1.29 is 4.39 Å². The molecule has 0 saturated heterocycles. The first-order valence-corrected chi connectivity index (χ1v) is 2.70. The lowest BCUT2D eigenvalue weighted by Crippen LogP contribution is -2.24. The molecule has 0 aliphatic heterocycles. The molecule has 0 radical (unpaired) electrons. The van der Waals surface area contributed by atoms with Gasteiger partial charge in [-0.15, -0.1) is 0 Å². The van der Waals surface area contributed by atoms with Crippen molar-refractivity contribution in [1.82, 2.24) is 0 Å². The predicted molar refractivity (Wildman–Crippen MR) is 26.7 cm³/mol. The molecule has 7 heavy (non-hydrogen) atoms. The zero-order valence-electron chi connectivity index (χ0n) is 4.23. The zero-order chi connectivity index (χ0) is 5.28. The third kappa shape index (κ3) is 0.911. The number of hydrogen-bond donors (Lipinski definition) is 1. The highest BCUT2D eigenvalue weighted by atomic mass is 19.1. The summed E-state index contributed by atoms with van der Waals surface area (Å²) >= 11 is 0. The van der Waals surface area contributed by atoms with Gasteiger partial charge in [-0.1, -0.05) is 0 Å². The van der Waals surface area contributed by atoms with Gasteiger partial charge in [0.05, 0.1) is 0 Å². The van der Waals surface area contributed by atoms with Crippen LogP contribution < -0.4 is 5.73 Å². The molecule has 1 fully saturated rings. The lowest BCUT2D eigenvalue weighted by molar-refractivity contribution is 0.312. The summed E-state index contributed by atoms with van der Waals surface area (Å²) in [5.74, 6) is 0. The Morgan fingerprint density at radius 2 is 2.14 bits per heavy atom. The molecule has 0 heterocycles. The Morgan fingerprint density at radius 3 is 2.29 bits per heavy atom. The molecule has 0 amide bonds. The molecule has 0 aromatic carbocycles. The standard InChI is InChI=1S/C5H10FN/c6-4-2-1-3-5(4)7/h4-5H,1-3,7H2/t4-,5?/m1/s1. The number of halogens is 1. The second-order valence-electron chi connectivity index (χ2n) is 2.11. The smallest absolute Gasteiger partial charge is 0.115 e. The van der Waals surface area contributed by atoms with Crippen LogP contribution >= 0.6 is 0 Å². The highest BCUT2D eigenvalue weighted by molar-refractivity contribution is 4.78. The van der Waals surface area contributed by atoms with Crippen LogP contribution in [0.3, 0.4) is 0 Å². The molecule has 0 spiro atoms. The molecule has 1 unspecified atom stereocenters. The minimum Gasteiger partial charge on any atom is -0.325 e. The summed E-state index contributed by atoms with van der Waals surface area (Å²) in [5, 5.41) is 0. The maximum Gasteiger partial charge on any atom is 0.115 e. The molecule has 2 N–H and O–H groups in total. The summed E-state index contributed by atoms with van der Waals surface area (Å²) in [4.78, 5) is 0. The number of rotatable bonds is 0. The normalized spacial score (nSPS) is 42.0. The van der Waals surface area contributed by atoms with Crippen molar-refractivity contribution in [2.24, 2.45) is 5.73 Å². The molecular formula is C5H10FN. The minimum absolute atomic E-state index is 0.153. The van der Waals surface area contributed by atoms with Crippen molar-refractivity contribution in [2.45, 2.75) is 31.5 Å². The summed E-state index contributed by atoms with van der Waals surface area (Å²) in [5.41, 5.74) is 5.30. The molecule has 2 heteroatoms. The molecule has 0 aromatic rings. The summed E-state index contributed by atoms with van der Waals surface area (Å²) < 4.78 is 12.2. The van der Waals surface area contributed by atoms with Crippen LogP contribution in [0.25, 0.3) is 0 Å². The minimum atomic E-state index is -0.708. The highest BCUT2D eigenvalue weighted by Gasteiger charge is 2.22. The van der Waals surface area contributed by atoms with Gasteiger partial charge >= 0.3 is 0 Å². The highest BCUT2D eigenvalue weighted by Crippen LogP contribution is 2.19. The van der Waals surface area contributed by atoms with Gasteiger partial charge in [-0.05, 0) is 19.3 Å². The Bertz CT molecular complexity index is 57.1. The van der Waals surface area contributed by atoms with Crippen molar-refractivity contribution in [3.8, 4) is 0 Å². The third-order valence-corrected chi connectivity index (χ3v) is 1.48. The largest absolute Gasteiger partial charge is 0.325 e. The van der Waals surface area contributed by atoms with E-state index < -0.39 is 6.17 Å². The molecule has 1 nitrogen and oxygen atoms in total. The van der Waals surface area contributed by atoms with Gasteiger partial charge in [-0.3, -0.25) is 0 Å². The van der Waals surface area contributed by atoms with E-state index in [1.807, 2.05) is 0 Å². The maximum atomic E-state index is 12.2. The molecule has 0 bridgehead atoms. The third-order valence-electron chi connectivity index (χ3n) is 1.48. The SMILES string of the molecule is NC1CCC[C@H]1F. The lowest BCUT2D eigenvalue weighted by atomic mass is 10.2. The van der Waals surface area contributed by atoms with Gasteiger partial charge in [0.15, 0.2) is 0 Å². The van der Waals surface area contributed by atoms with Gasteiger partial charge in [-0.2, -0.15) is 0 Å². The summed E-state index contributed by atoms with van der Waals surface area (Å²) in [6.45, 7) is 0. The van der Waals surface area contributed by atoms with E-state index in [0.717, 1.165) is 12.8 Å². The number of alkyl halides is 1. The van der Waals surface area contributed by atoms with E-state index in [1.54, 1.807) is 0 Å². The lowest BCUT2D eigenvalue weighted by Gasteiger charge is -2.01. The molecule has 1 rings (SSSR count). The van der Waals surface area contributed by atoms with Crippen molar-refractivity contribution >= 4 is 0 Å². The van der Waals surface area contributed by atoms with E-state index in [1.165, 1.54) is 0 Å². The molecule has 0 aromatic heterocycles. The Labute approximate surface area is 42.7 Å². The first-order chi connectivity index (χ1) is 3.30. The predicted octanol–water partition coefficient (Wildman–Crippen LogP) is 0.836. The van der Waals surface area contributed by atoms with E-state index >= 15 is 0 Å². The Kier molecular flexibility index (Phi) is 1.28. The summed E-state index contributed by atoms with van der Waals surface area (Å²) in [6, 6.07) is -0.153. The fourth-order valence-corrected chi connectivity index (χ4v) is 0.943. The maximum absolute atomic E-state index is 12.2. The van der Waals surface area contributed by atoms with Crippen molar-refractivity contribution in [3.05, 3.63) is 0 Å². The van der Waals surface area contributed by atoms with E-state index in [9.17, 15) is 4.39 Å². The van der Waals surface area contributed by atoms with Crippen molar-refractivity contribution in [2.75, 3.05) is 0 Å². The van der Waals surface area contributed by atoms with Gasteiger partial charge in [0.2, 0.25) is 0 Å².